The number of nitrogens with zero attached hydrogens (tertiary/aromatic N) is 4. The van der Waals surface area contributed by atoms with Crippen molar-refractivity contribution in [1.82, 2.24) is 19.5 Å². The third-order valence-corrected chi connectivity index (χ3v) is 9.07. The molecule has 1 aliphatic heterocycles. The second kappa shape index (κ2) is 8.29. The first-order valence-electron chi connectivity index (χ1n) is 10.6. The van der Waals surface area contributed by atoms with Gasteiger partial charge in [-0.3, -0.25) is 4.90 Å². The summed E-state index contributed by atoms with van der Waals surface area (Å²) in [6, 6.07) is 22.4. The van der Waals surface area contributed by atoms with E-state index in [0.717, 1.165) is 54.2 Å². The number of rotatable bonds is 5. The minimum absolute atomic E-state index is 0.542. The predicted molar refractivity (Wildman–Crippen MR) is 126 cm³/mol. The first kappa shape index (κ1) is 20.0. The van der Waals surface area contributed by atoms with Crippen LogP contribution in [-0.2, 0) is 11.1 Å². The van der Waals surface area contributed by atoms with Crippen molar-refractivity contribution in [2.24, 2.45) is 0 Å². The molecule has 7 heteroatoms. The largest absolute Gasteiger partial charge is 0.323 e. The lowest BCUT2D eigenvalue weighted by atomic mass is 10.2. The van der Waals surface area contributed by atoms with Gasteiger partial charge in [-0.05, 0) is 48.9 Å². The molecule has 2 aromatic heterocycles. The fourth-order valence-corrected chi connectivity index (χ4v) is 6.77. The van der Waals surface area contributed by atoms with Gasteiger partial charge in [0.1, 0.15) is 7.14 Å². The number of nitrogens with one attached hydrogen (secondary N) is 1. The van der Waals surface area contributed by atoms with Gasteiger partial charge < -0.3 is 9.88 Å². The number of benzene rings is 2. The molecule has 2 aromatic carbocycles. The first-order valence-corrected chi connectivity index (χ1v) is 12.7. The van der Waals surface area contributed by atoms with E-state index in [-0.39, 0.29) is 0 Å². The van der Waals surface area contributed by atoms with Crippen LogP contribution in [0, 0.1) is 6.92 Å². The predicted octanol–water partition coefficient (Wildman–Crippen LogP) is 4.29. The van der Waals surface area contributed by atoms with Crippen LogP contribution in [0.2, 0.25) is 0 Å². The van der Waals surface area contributed by atoms with Crippen LogP contribution >= 0.6 is 7.14 Å². The molecule has 0 radical (unpaired) electrons. The Labute approximate surface area is 182 Å². The van der Waals surface area contributed by atoms with Crippen LogP contribution in [0.25, 0.3) is 5.52 Å². The SMILES string of the molecule is Cc1ccc2cnc(Nc3ccc(P4(=O)CCN(Cc5ccccc5)CC4)cc3)nn12. The third-order valence-electron chi connectivity index (χ3n) is 5.99. The molecule has 1 saturated heterocycles. The van der Waals surface area contributed by atoms with Crippen molar-refractivity contribution in [2.45, 2.75) is 13.5 Å². The Kier molecular flexibility index (Phi) is 5.34. The van der Waals surface area contributed by atoms with Crippen LogP contribution in [0.3, 0.4) is 0 Å². The maximum Gasteiger partial charge on any atom is 0.245 e. The summed E-state index contributed by atoms with van der Waals surface area (Å²) in [5.74, 6) is 0.542. The number of aryl methyl sites for hydroxylation is 1. The minimum atomic E-state index is -2.35. The fraction of sp³-hybridized carbons (Fsp3) is 0.250. The molecule has 0 saturated carbocycles. The van der Waals surface area contributed by atoms with Crippen molar-refractivity contribution < 1.29 is 4.57 Å². The van der Waals surface area contributed by atoms with Gasteiger partial charge in [0.15, 0.2) is 0 Å². The van der Waals surface area contributed by atoms with Crippen molar-refractivity contribution >= 4 is 29.6 Å². The number of hydrogen-bond acceptors (Lipinski definition) is 5. The molecule has 31 heavy (non-hydrogen) atoms. The molecule has 1 aliphatic rings. The Morgan fingerprint density at radius 2 is 1.71 bits per heavy atom. The molecule has 0 bridgehead atoms. The van der Waals surface area contributed by atoms with Crippen LogP contribution in [0.5, 0.6) is 0 Å². The molecular formula is C24H26N5OP. The van der Waals surface area contributed by atoms with Crippen molar-refractivity contribution in [3.63, 3.8) is 0 Å². The maximum atomic E-state index is 13.6. The number of aromatic nitrogens is 3. The summed E-state index contributed by atoms with van der Waals surface area (Å²) < 4.78 is 15.4. The summed E-state index contributed by atoms with van der Waals surface area (Å²) in [6.45, 7) is 4.68. The highest BCUT2D eigenvalue weighted by Gasteiger charge is 2.30. The molecule has 0 atom stereocenters. The van der Waals surface area contributed by atoms with E-state index < -0.39 is 7.14 Å². The van der Waals surface area contributed by atoms with E-state index in [1.807, 2.05) is 53.9 Å². The average molecular weight is 431 g/mol. The highest BCUT2D eigenvalue weighted by Crippen LogP contribution is 2.46. The van der Waals surface area contributed by atoms with E-state index in [2.05, 4.69) is 44.6 Å². The van der Waals surface area contributed by atoms with Crippen molar-refractivity contribution in [3.8, 4) is 0 Å². The number of fused-ring (bicyclic) bond motifs is 1. The Balaban J connectivity index is 1.24. The number of anilines is 2. The normalized spacial score (nSPS) is 16.4. The Morgan fingerprint density at radius 1 is 0.968 bits per heavy atom. The Morgan fingerprint density at radius 3 is 2.45 bits per heavy atom. The molecule has 6 nitrogen and oxygen atoms in total. The average Bonchev–Trinajstić information content (AvgIpc) is 3.17. The maximum absolute atomic E-state index is 13.6. The van der Waals surface area contributed by atoms with Gasteiger partial charge in [0.05, 0.1) is 11.7 Å². The first-order chi connectivity index (χ1) is 15.1. The number of hydrogen-bond donors (Lipinski definition) is 1. The van der Waals surface area contributed by atoms with E-state index in [1.54, 1.807) is 6.20 Å². The van der Waals surface area contributed by atoms with Crippen molar-refractivity contribution in [2.75, 3.05) is 30.7 Å². The third kappa shape index (κ3) is 4.27. The van der Waals surface area contributed by atoms with E-state index in [1.165, 1.54) is 5.56 Å². The van der Waals surface area contributed by atoms with Gasteiger partial charge in [-0.1, -0.05) is 30.3 Å². The molecule has 0 aliphatic carbocycles. The van der Waals surface area contributed by atoms with E-state index in [0.29, 0.717) is 5.95 Å². The van der Waals surface area contributed by atoms with Gasteiger partial charge in [-0.25, -0.2) is 9.50 Å². The Bertz CT molecular complexity index is 1220. The van der Waals surface area contributed by atoms with Crippen LogP contribution in [-0.4, -0.2) is 44.9 Å². The van der Waals surface area contributed by atoms with Crippen LogP contribution in [0.15, 0.2) is 72.9 Å². The van der Waals surface area contributed by atoms with Gasteiger partial charge in [0.25, 0.3) is 0 Å². The molecule has 5 rings (SSSR count). The van der Waals surface area contributed by atoms with Gasteiger partial charge in [0, 0.05) is 48.6 Å². The fourth-order valence-electron chi connectivity index (χ4n) is 4.12. The molecule has 158 valence electrons. The summed E-state index contributed by atoms with van der Waals surface area (Å²) in [5.41, 5.74) is 4.23. The van der Waals surface area contributed by atoms with Crippen LogP contribution < -0.4 is 10.6 Å². The molecule has 0 unspecified atom stereocenters. The summed E-state index contributed by atoms with van der Waals surface area (Å²) in [5, 5.41) is 8.75. The van der Waals surface area contributed by atoms with Gasteiger partial charge in [-0.2, -0.15) is 0 Å². The molecular weight excluding hydrogens is 405 g/mol. The zero-order valence-corrected chi connectivity index (χ0v) is 18.5. The van der Waals surface area contributed by atoms with Gasteiger partial charge in [0.2, 0.25) is 5.95 Å². The van der Waals surface area contributed by atoms with E-state index in [4.69, 9.17) is 0 Å². The summed E-state index contributed by atoms with van der Waals surface area (Å²) >= 11 is 0. The highest BCUT2D eigenvalue weighted by atomic mass is 31.2. The van der Waals surface area contributed by atoms with Gasteiger partial charge >= 0.3 is 0 Å². The molecule has 0 spiro atoms. The standard InChI is InChI=1S/C24H26N5OP/c1-19-7-10-22-17-25-24(27-29(19)22)26-21-8-11-23(12-9-21)31(30)15-13-28(14-16-31)18-20-5-3-2-4-6-20/h2-12,17H,13-16,18H2,1H3,(H,26,27). The van der Waals surface area contributed by atoms with Crippen LogP contribution in [0.4, 0.5) is 11.6 Å². The second-order valence-corrected chi connectivity index (χ2v) is 11.4. The summed E-state index contributed by atoms with van der Waals surface area (Å²) in [6.07, 6.45) is 3.27. The molecule has 4 aromatic rings. The molecule has 1 fully saturated rings. The molecule has 1 N–H and O–H groups in total. The zero-order chi connectivity index (χ0) is 21.3. The Hall–Kier alpha value is -2.95. The smallest absolute Gasteiger partial charge is 0.245 e. The quantitative estimate of drug-likeness (QED) is 0.478. The summed E-state index contributed by atoms with van der Waals surface area (Å²) in [4.78, 5) is 6.78. The second-order valence-electron chi connectivity index (χ2n) is 8.16. The minimum Gasteiger partial charge on any atom is -0.323 e. The van der Waals surface area contributed by atoms with Crippen LogP contribution in [0.1, 0.15) is 11.3 Å². The van der Waals surface area contributed by atoms with E-state index >= 15 is 0 Å². The highest BCUT2D eigenvalue weighted by molar-refractivity contribution is 7.71. The molecule has 3 heterocycles. The lowest BCUT2D eigenvalue weighted by Crippen LogP contribution is -2.36. The van der Waals surface area contributed by atoms with Gasteiger partial charge in [-0.15, -0.1) is 5.10 Å². The van der Waals surface area contributed by atoms with Crippen molar-refractivity contribution in [3.05, 3.63) is 84.2 Å². The van der Waals surface area contributed by atoms with E-state index in [9.17, 15) is 4.57 Å². The lowest BCUT2D eigenvalue weighted by Gasteiger charge is -2.32. The molecule has 0 amide bonds. The van der Waals surface area contributed by atoms with Crippen molar-refractivity contribution in [1.29, 1.82) is 0 Å². The monoisotopic (exact) mass is 431 g/mol. The topological polar surface area (TPSA) is 62.5 Å². The lowest BCUT2D eigenvalue weighted by molar-refractivity contribution is 0.288. The summed E-state index contributed by atoms with van der Waals surface area (Å²) in [7, 11) is -2.35. The zero-order valence-electron chi connectivity index (χ0n) is 17.6.